The molecule has 0 bridgehead atoms. The van der Waals surface area contributed by atoms with Crippen LogP contribution in [0.2, 0.25) is 0 Å². The number of nitriles is 2. The number of hydrogen-bond donors (Lipinski definition) is 1. The second kappa shape index (κ2) is 10.1. The molecule has 1 aromatic rings. The summed E-state index contributed by atoms with van der Waals surface area (Å²) in [5, 5.41) is 22.3. The average Bonchev–Trinajstić information content (AvgIpc) is 2.75. The number of rotatable bonds is 4. The summed E-state index contributed by atoms with van der Waals surface area (Å²) in [5.74, 6) is 0. The fourth-order valence-electron chi connectivity index (χ4n) is 3.72. The Balaban J connectivity index is 1.49. The summed E-state index contributed by atoms with van der Waals surface area (Å²) in [6.45, 7) is 9.61. The molecule has 1 saturated heterocycles. The smallest absolute Gasteiger partial charge is 0.173 e. The van der Waals surface area contributed by atoms with Crippen LogP contribution in [0.15, 0.2) is 65.0 Å². The van der Waals surface area contributed by atoms with E-state index in [1.54, 1.807) is 0 Å². The molecule has 6 nitrogen and oxygen atoms in total. The number of thiocarbonyl (C=S) groups is 1. The second-order valence-electron chi connectivity index (χ2n) is 7.40. The molecule has 0 atom stereocenters. The van der Waals surface area contributed by atoms with Crippen molar-refractivity contribution in [1.29, 1.82) is 10.5 Å². The van der Waals surface area contributed by atoms with Gasteiger partial charge < -0.3 is 15.1 Å². The Morgan fingerprint density at radius 2 is 1.57 bits per heavy atom. The van der Waals surface area contributed by atoms with Gasteiger partial charge in [-0.1, -0.05) is 18.2 Å². The van der Waals surface area contributed by atoms with Gasteiger partial charge in [0.05, 0.1) is 0 Å². The maximum Gasteiger partial charge on any atom is 0.173 e. The molecule has 1 aromatic carbocycles. The van der Waals surface area contributed by atoms with Gasteiger partial charge in [-0.2, -0.15) is 10.5 Å². The van der Waals surface area contributed by atoms with E-state index in [1.165, 1.54) is 0 Å². The van der Waals surface area contributed by atoms with Crippen molar-refractivity contribution in [2.24, 2.45) is 0 Å². The predicted octanol–water partition coefficient (Wildman–Crippen LogP) is 3.47. The Hall–Kier alpha value is -3.13. The van der Waals surface area contributed by atoms with Crippen molar-refractivity contribution < 1.29 is 0 Å². The molecule has 2 heterocycles. The van der Waals surface area contributed by atoms with E-state index in [2.05, 4.69) is 20.0 Å². The van der Waals surface area contributed by atoms with Gasteiger partial charge in [0.15, 0.2) is 5.11 Å². The lowest BCUT2D eigenvalue weighted by Crippen LogP contribution is -2.51. The molecule has 2 aliphatic heterocycles. The zero-order valence-corrected chi connectivity index (χ0v) is 18.2. The fourth-order valence-corrected chi connectivity index (χ4v) is 4.02. The van der Waals surface area contributed by atoms with Crippen LogP contribution < -0.4 is 5.32 Å². The summed E-state index contributed by atoms with van der Waals surface area (Å²) in [7, 11) is 0. The Morgan fingerprint density at radius 1 is 0.967 bits per heavy atom. The highest BCUT2D eigenvalue weighted by molar-refractivity contribution is 7.80. The Bertz CT molecular complexity index is 918. The monoisotopic (exact) mass is 418 g/mol. The molecule has 7 heteroatoms. The number of anilines is 1. The molecule has 0 amide bonds. The highest BCUT2D eigenvalue weighted by Crippen LogP contribution is 2.24. The Labute approximate surface area is 184 Å². The van der Waals surface area contributed by atoms with Gasteiger partial charge in [0.2, 0.25) is 0 Å². The Kier molecular flexibility index (Phi) is 7.24. The van der Waals surface area contributed by atoms with E-state index < -0.39 is 0 Å². The van der Waals surface area contributed by atoms with E-state index in [9.17, 15) is 0 Å². The highest BCUT2D eigenvalue weighted by Gasteiger charge is 2.21. The molecule has 1 N–H and O–H groups in total. The van der Waals surface area contributed by atoms with E-state index >= 15 is 0 Å². The van der Waals surface area contributed by atoms with Crippen LogP contribution in [0.4, 0.5) is 5.69 Å². The lowest BCUT2D eigenvalue weighted by Gasteiger charge is -2.38. The molecule has 0 aliphatic carbocycles. The largest absolute Gasteiger partial charge is 0.348 e. The van der Waals surface area contributed by atoms with E-state index in [-0.39, 0.29) is 5.57 Å². The van der Waals surface area contributed by atoms with E-state index in [4.69, 9.17) is 22.7 Å². The molecular formula is C23H26N6S. The third-order valence-electron chi connectivity index (χ3n) is 5.42. The normalized spacial score (nSPS) is 16.9. The van der Waals surface area contributed by atoms with Gasteiger partial charge in [-0.25, -0.2) is 0 Å². The lowest BCUT2D eigenvalue weighted by atomic mass is 10.0. The number of piperazine rings is 1. The zero-order chi connectivity index (χ0) is 21.5. The minimum atomic E-state index is 0.157. The van der Waals surface area contributed by atoms with Gasteiger partial charge in [-0.15, -0.1) is 0 Å². The first kappa shape index (κ1) is 21.6. The van der Waals surface area contributed by atoms with E-state index in [0.717, 1.165) is 61.5 Å². The molecular weight excluding hydrogens is 392 g/mol. The van der Waals surface area contributed by atoms with Gasteiger partial charge in [-0.05, 0) is 50.4 Å². The maximum atomic E-state index is 9.11. The number of hydrogen-bond acceptors (Lipinski definition) is 5. The quantitative estimate of drug-likeness (QED) is 0.593. The van der Waals surface area contributed by atoms with Crippen LogP contribution in [-0.2, 0) is 0 Å². The standard InChI is InChI=1S/C23H26N6S/c1-18-14-20(21(16-24)17-25)15-19(2)29(18)13-10-27-8-11-28(12-9-27)23(30)26-22-6-4-3-5-7-22/h3-7,14-15H,8-13H2,1-2H3,(H,26,30). The summed E-state index contributed by atoms with van der Waals surface area (Å²) in [6.07, 6.45) is 3.83. The summed E-state index contributed by atoms with van der Waals surface area (Å²) in [5.41, 5.74) is 3.98. The first-order valence-electron chi connectivity index (χ1n) is 10.0. The fraction of sp³-hybridized carbons (Fsp3) is 0.348. The van der Waals surface area contributed by atoms with Crippen molar-refractivity contribution in [1.82, 2.24) is 14.7 Å². The van der Waals surface area contributed by atoms with Crippen LogP contribution in [0, 0.1) is 22.7 Å². The van der Waals surface area contributed by atoms with Gasteiger partial charge >= 0.3 is 0 Å². The zero-order valence-electron chi connectivity index (χ0n) is 17.4. The SMILES string of the molecule is CC1=CC(=C(C#N)C#N)C=C(C)N1CCN1CCN(C(=S)Nc2ccccc2)CC1. The first-order valence-corrected chi connectivity index (χ1v) is 10.4. The topological polar surface area (TPSA) is 69.3 Å². The van der Waals surface area contributed by atoms with Crippen molar-refractivity contribution in [3.05, 3.63) is 65.0 Å². The minimum absolute atomic E-state index is 0.157. The second-order valence-corrected chi connectivity index (χ2v) is 7.79. The molecule has 30 heavy (non-hydrogen) atoms. The van der Waals surface area contributed by atoms with Crippen LogP contribution >= 0.6 is 12.2 Å². The summed E-state index contributed by atoms with van der Waals surface area (Å²) in [6, 6.07) is 14.0. The van der Waals surface area contributed by atoms with E-state index in [0.29, 0.717) is 5.57 Å². The average molecular weight is 419 g/mol. The van der Waals surface area contributed by atoms with Gasteiger partial charge in [0.1, 0.15) is 17.7 Å². The third kappa shape index (κ3) is 5.27. The highest BCUT2D eigenvalue weighted by atomic mass is 32.1. The van der Waals surface area contributed by atoms with E-state index in [1.807, 2.05) is 68.5 Å². The summed E-state index contributed by atoms with van der Waals surface area (Å²) in [4.78, 5) is 6.91. The van der Waals surface area contributed by atoms with Crippen LogP contribution in [0.1, 0.15) is 13.8 Å². The van der Waals surface area contributed by atoms with Gasteiger partial charge in [0, 0.05) is 61.9 Å². The predicted molar refractivity (Wildman–Crippen MR) is 123 cm³/mol. The molecule has 0 saturated carbocycles. The van der Waals surface area contributed by atoms with Crippen LogP contribution in [0.5, 0.6) is 0 Å². The summed E-state index contributed by atoms with van der Waals surface area (Å²) >= 11 is 5.57. The van der Waals surface area contributed by atoms with Crippen LogP contribution in [0.3, 0.4) is 0 Å². The van der Waals surface area contributed by atoms with Crippen molar-refractivity contribution >= 4 is 23.0 Å². The van der Waals surface area contributed by atoms with Crippen molar-refractivity contribution in [3.63, 3.8) is 0 Å². The molecule has 154 valence electrons. The molecule has 0 radical (unpaired) electrons. The van der Waals surface area contributed by atoms with Crippen molar-refractivity contribution in [3.8, 4) is 12.1 Å². The maximum absolute atomic E-state index is 9.11. The molecule has 2 aliphatic rings. The van der Waals surface area contributed by atoms with Gasteiger partial charge in [0.25, 0.3) is 0 Å². The summed E-state index contributed by atoms with van der Waals surface area (Å²) < 4.78 is 0. The van der Waals surface area contributed by atoms with Crippen molar-refractivity contribution in [2.45, 2.75) is 13.8 Å². The van der Waals surface area contributed by atoms with Crippen LogP contribution in [0.25, 0.3) is 0 Å². The molecule has 3 rings (SSSR count). The number of nitrogens with one attached hydrogen (secondary N) is 1. The number of nitrogens with zero attached hydrogens (tertiary/aromatic N) is 5. The lowest BCUT2D eigenvalue weighted by molar-refractivity contribution is 0.172. The number of allylic oxidation sites excluding steroid dienone is 6. The first-order chi connectivity index (χ1) is 14.5. The number of para-hydroxylation sites is 1. The third-order valence-corrected chi connectivity index (χ3v) is 5.78. The molecule has 0 spiro atoms. The van der Waals surface area contributed by atoms with Crippen LogP contribution in [-0.4, -0.2) is 59.1 Å². The Morgan fingerprint density at radius 3 is 2.13 bits per heavy atom. The number of benzene rings is 1. The van der Waals surface area contributed by atoms with Gasteiger partial charge in [-0.3, -0.25) is 4.90 Å². The molecule has 0 aromatic heterocycles. The molecule has 1 fully saturated rings. The molecule has 0 unspecified atom stereocenters. The van der Waals surface area contributed by atoms with Crippen molar-refractivity contribution in [2.75, 3.05) is 44.6 Å². The minimum Gasteiger partial charge on any atom is -0.348 e.